The SMILES string of the molecule is [CH2]CCC(O)(CCC)C(O)CC. The topological polar surface area (TPSA) is 40.5 Å². The molecule has 12 heavy (non-hydrogen) atoms. The van der Waals surface area contributed by atoms with Gasteiger partial charge in [0.15, 0.2) is 0 Å². The monoisotopic (exact) mass is 173 g/mol. The molecule has 0 aromatic carbocycles. The van der Waals surface area contributed by atoms with Crippen molar-refractivity contribution in [2.45, 2.75) is 57.7 Å². The lowest BCUT2D eigenvalue weighted by Crippen LogP contribution is -2.41. The maximum atomic E-state index is 9.99. The van der Waals surface area contributed by atoms with Crippen molar-refractivity contribution in [1.29, 1.82) is 0 Å². The Morgan fingerprint density at radius 3 is 2.25 bits per heavy atom. The molecule has 2 N–H and O–H groups in total. The van der Waals surface area contributed by atoms with Gasteiger partial charge in [0.2, 0.25) is 0 Å². The van der Waals surface area contributed by atoms with Crippen LogP contribution in [-0.2, 0) is 0 Å². The summed E-state index contributed by atoms with van der Waals surface area (Å²) in [5, 5.41) is 19.6. The number of hydrogen-bond donors (Lipinski definition) is 2. The van der Waals surface area contributed by atoms with Crippen molar-refractivity contribution in [3.63, 3.8) is 0 Å². The summed E-state index contributed by atoms with van der Waals surface area (Å²) in [6, 6.07) is 0. The van der Waals surface area contributed by atoms with E-state index in [0.717, 1.165) is 6.42 Å². The minimum absolute atomic E-state index is 0.593. The van der Waals surface area contributed by atoms with Gasteiger partial charge in [-0.15, -0.1) is 0 Å². The second kappa shape index (κ2) is 5.55. The summed E-state index contributed by atoms with van der Waals surface area (Å²) in [5.41, 5.74) is -0.898. The van der Waals surface area contributed by atoms with E-state index < -0.39 is 11.7 Å². The number of rotatable bonds is 6. The standard InChI is InChI=1S/C10H21O2/c1-4-7-10(12,8-5-2)9(11)6-3/h9,11-12H,1,4-8H2,2-3H3. The predicted molar refractivity (Wildman–Crippen MR) is 50.7 cm³/mol. The van der Waals surface area contributed by atoms with Gasteiger partial charge in [0.1, 0.15) is 0 Å². The van der Waals surface area contributed by atoms with Crippen LogP contribution in [0, 0.1) is 6.92 Å². The lowest BCUT2D eigenvalue weighted by atomic mass is 9.86. The first-order chi connectivity index (χ1) is 5.60. The van der Waals surface area contributed by atoms with E-state index in [1.165, 1.54) is 0 Å². The third kappa shape index (κ3) is 3.11. The average Bonchev–Trinajstić information content (AvgIpc) is 2.04. The number of hydrogen-bond acceptors (Lipinski definition) is 2. The molecular weight excluding hydrogens is 152 g/mol. The van der Waals surface area contributed by atoms with E-state index in [-0.39, 0.29) is 0 Å². The summed E-state index contributed by atoms with van der Waals surface area (Å²) in [6.45, 7) is 7.59. The number of aliphatic hydroxyl groups excluding tert-OH is 1. The third-order valence-electron chi connectivity index (χ3n) is 2.30. The summed E-state index contributed by atoms with van der Waals surface area (Å²) >= 11 is 0. The Kier molecular flexibility index (Phi) is 5.51. The normalized spacial score (nSPS) is 14.8. The summed E-state index contributed by atoms with van der Waals surface area (Å²) < 4.78 is 0. The Morgan fingerprint density at radius 1 is 1.33 bits per heavy atom. The molecule has 2 nitrogen and oxygen atoms in total. The van der Waals surface area contributed by atoms with Gasteiger partial charge < -0.3 is 10.2 Å². The first kappa shape index (κ1) is 11.9. The average molecular weight is 173 g/mol. The van der Waals surface area contributed by atoms with Crippen LogP contribution in [0.5, 0.6) is 0 Å². The summed E-state index contributed by atoms with van der Waals surface area (Å²) in [4.78, 5) is 0. The Balaban J connectivity index is 4.15. The highest BCUT2D eigenvalue weighted by atomic mass is 16.3. The lowest BCUT2D eigenvalue weighted by Gasteiger charge is -2.32. The Hall–Kier alpha value is -0.0800. The molecule has 2 heteroatoms. The molecule has 0 amide bonds. The molecule has 0 fully saturated rings. The highest BCUT2D eigenvalue weighted by molar-refractivity contribution is 4.85. The highest BCUT2D eigenvalue weighted by Gasteiger charge is 2.32. The van der Waals surface area contributed by atoms with Crippen LogP contribution in [0.1, 0.15) is 46.0 Å². The Labute approximate surface area is 75.6 Å². The van der Waals surface area contributed by atoms with E-state index in [0.29, 0.717) is 25.7 Å². The van der Waals surface area contributed by atoms with E-state index in [9.17, 15) is 10.2 Å². The molecule has 2 unspecified atom stereocenters. The molecule has 1 radical (unpaired) electrons. The minimum Gasteiger partial charge on any atom is -0.390 e. The fourth-order valence-corrected chi connectivity index (χ4v) is 1.58. The van der Waals surface area contributed by atoms with Gasteiger partial charge >= 0.3 is 0 Å². The van der Waals surface area contributed by atoms with Gasteiger partial charge in [-0.1, -0.05) is 33.6 Å². The van der Waals surface area contributed by atoms with Crippen LogP contribution in [0.2, 0.25) is 0 Å². The summed E-state index contributed by atoms with van der Waals surface area (Å²) in [5.74, 6) is 0. The van der Waals surface area contributed by atoms with Crippen LogP contribution >= 0.6 is 0 Å². The predicted octanol–water partition coefficient (Wildman–Crippen LogP) is 1.90. The van der Waals surface area contributed by atoms with Crippen LogP contribution in [0.4, 0.5) is 0 Å². The molecule has 0 saturated carbocycles. The maximum absolute atomic E-state index is 9.99. The summed E-state index contributed by atoms with van der Waals surface area (Å²) in [7, 11) is 0. The van der Waals surface area contributed by atoms with Crippen LogP contribution in [0.15, 0.2) is 0 Å². The van der Waals surface area contributed by atoms with E-state index in [2.05, 4.69) is 6.92 Å². The van der Waals surface area contributed by atoms with Gasteiger partial charge in [0.05, 0.1) is 11.7 Å². The van der Waals surface area contributed by atoms with Crippen molar-refractivity contribution in [3.8, 4) is 0 Å². The second-order valence-corrected chi connectivity index (χ2v) is 3.38. The largest absolute Gasteiger partial charge is 0.390 e. The highest BCUT2D eigenvalue weighted by Crippen LogP contribution is 2.25. The smallest absolute Gasteiger partial charge is 0.0905 e. The van der Waals surface area contributed by atoms with Gasteiger partial charge in [-0.25, -0.2) is 0 Å². The molecule has 0 spiro atoms. The first-order valence-electron chi connectivity index (χ1n) is 4.80. The van der Waals surface area contributed by atoms with Gasteiger partial charge in [-0.3, -0.25) is 0 Å². The Morgan fingerprint density at radius 2 is 1.92 bits per heavy atom. The van der Waals surface area contributed by atoms with Crippen LogP contribution in [0.3, 0.4) is 0 Å². The molecule has 0 aliphatic heterocycles. The fraction of sp³-hybridized carbons (Fsp3) is 0.900. The van der Waals surface area contributed by atoms with Gasteiger partial charge in [-0.05, 0) is 19.3 Å². The molecule has 73 valence electrons. The molecular formula is C10H21O2. The molecule has 2 atom stereocenters. The van der Waals surface area contributed by atoms with Crippen molar-refractivity contribution in [2.75, 3.05) is 0 Å². The zero-order valence-corrected chi connectivity index (χ0v) is 8.21. The lowest BCUT2D eigenvalue weighted by molar-refractivity contribution is -0.0865. The van der Waals surface area contributed by atoms with E-state index >= 15 is 0 Å². The summed E-state index contributed by atoms with van der Waals surface area (Å²) in [6.07, 6.45) is 2.84. The molecule has 0 rings (SSSR count). The van der Waals surface area contributed by atoms with Crippen LogP contribution in [-0.4, -0.2) is 21.9 Å². The van der Waals surface area contributed by atoms with Gasteiger partial charge in [0.25, 0.3) is 0 Å². The molecule has 0 aliphatic rings. The zero-order chi connectivity index (χ0) is 9.61. The molecule has 0 aromatic heterocycles. The maximum Gasteiger partial charge on any atom is 0.0905 e. The number of aliphatic hydroxyl groups is 2. The minimum atomic E-state index is -0.898. The zero-order valence-electron chi connectivity index (χ0n) is 8.21. The van der Waals surface area contributed by atoms with Gasteiger partial charge in [-0.2, -0.15) is 0 Å². The van der Waals surface area contributed by atoms with Crippen LogP contribution < -0.4 is 0 Å². The van der Waals surface area contributed by atoms with Gasteiger partial charge in [0, 0.05) is 0 Å². The molecule has 0 heterocycles. The van der Waals surface area contributed by atoms with Crippen molar-refractivity contribution >= 4 is 0 Å². The van der Waals surface area contributed by atoms with Crippen molar-refractivity contribution in [1.82, 2.24) is 0 Å². The van der Waals surface area contributed by atoms with Crippen molar-refractivity contribution < 1.29 is 10.2 Å². The second-order valence-electron chi connectivity index (χ2n) is 3.38. The van der Waals surface area contributed by atoms with E-state index in [4.69, 9.17) is 0 Å². The van der Waals surface area contributed by atoms with E-state index in [1.807, 2.05) is 13.8 Å². The molecule has 0 saturated heterocycles. The molecule has 0 aliphatic carbocycles. The van der Waals surface area contributed by atoms with Crippen molar-refractivity contribution in [3.05, 3.63) is 6.92 Å². The Bertz CT molecular complexity index is 106. The quantitative estimate of drug-likeness (QED) is 0.644. The molecule has 0 bridgehead atoms. The molecule has 0 aromatic rings. The van der Waals surface area contributed by atoms with Crippen molar-refractivity contribution in [2.24, 2.45) is 0 Å². The fourth-order valence-electron chi connectivity index (χ4n) is 1.58. The van der Waals surface area contributed by atoms with Crippen LogP contribution in [0.25, 0.3) is 0 Å². The van der Waals surface area contributed by atoms with E-state index in [1.54, 1.807) is 0 Å². The first-order valence-corrected chi connectivity index (χ1v) is 4.80. The third-order valence-corrected chi connectivity index (χ3v) is 2.30.